The Labute approximate surface area is 122 Å². The van der Waals surface area contributed by atoms with Gasteiger partial charge in [0.25, 0.3) is 5.91 Å². The summed E-state index contributed by atoms with van der Waals surface area (Å²) in [6, 6.07) is 8.35. The van der Waals surface area contributed by atoms with Gasteiger partial charge in [-0.15, -0.1) is 0 Å². The minimum Gasteiger partial charge on any atom is -0.465 e. The molecule has 0 aliphatic carbocycles. The van der Waals surface area contributed by atoms with Crippen molar-refractivity contribution in [2.24, 2.45) is 0 Å². The Morgan fingerprint density at radius 2 is 1.95 bits per heavy atom. The van der Waals surface area contributed by atoms with E-state index in [2.05, 4.69) is 5.32 Å². The summed E-state index contributed by atoms with van der Waals surface area (Å²) in [6.45, 7) is 0.350. The van der Waals surface area contributed by atoms with Crippen molar-refractivity contribution < 1.29 is 19.5 Å². The zero-order valence-electron chi connectivity index (χ0n) is 11.6. The highest BCUT2D eigenvalue weighted by atomic mass is 16.4. The van der Waals surface area contributed by atoms with Crippen molar-refractivity contribution in [1.82, 2.24) is 10.2 Å². The van der Waals surface area contributed by atoms with Gasteiger partial charge in [-0.05, 0) is 24.8 Å². The largest absolute Gasteiger partial charge is 0.465 e. The molecule has 1 fully saturated rings. The average molecular weight is 290 g/mol. The number of hydrogen-bond acceptors (Lipinski definition) is 3. The second-order valence-corrected chi connectivity index (χ2v) is 5.04. The first-order chi connectivity index (χ1) is 10.1. The van der Waals surface area contributed by atoms with E-state index in [1.165, 1.54) is 4.90 Å². The van der Waals surface area contributed by atoms with Crippen LogP contribution in [0.2, 0.25) is 0 Å². The summed E-state index contributed by atoms with van der Waals surface area (Å²) in [6.07, 6.45) is 0.744. The fourth-order valence-corrected chi connectivity index (χ4v) is 2.44. The van der Waals surface area contributed by atoms with Crippen molar-refractivity contribution >= 4 is 17.9 Å². The van der Waals surface area contributed by atoms with Crippen LogP contribution in [0.5, 0.6) is 0 Å². The summed E-state index contributed by atoms with van der Waals surface area (Å²) in [5.74, 6) is -0.735. The topological polar surface area (TPSA) is 86.7 Å². The summed E-state index contributed by atoms with van der Waals surface area (Å²) in [4.78, 5) is 36.5. The van der Waals surface area contributed by atoms with Crippen LogP contribution in [0.25, 0.3) is 0 Å². The lowest BCUT2D eigenvalue weighted by Crippen LogP contribution is -2.49. The van der Waals surface area contributed by atoms with Crippen LogP contribution in [0.4, 0.5) is 4.79 Å². The Balaban J connectivity index is 2.07. The number of amides is 3. The molecule has 2 N–H and O–H groups in total. The molecule has 3 amide bonds. The molecule has 1 saturated heterocycles. The summed E-state index contributed by atoms with van der Waals surface area (Å²) >= 11 is 0. The van der Waals surface area contributed by atoms with E-state index in [-0.39, 0.29) is 12.3 Å². The molecule has 0 saturated carbocycles. The molecule has 21 heavy (non-hydrogen) atoms. The molecule has 1 aromatic rings. The summed E-state index contributed by atoms with van der Waals surface area (Å²) in [5, 5.41) is 11.0. The van der Waals surface area contributed by atoms with Crippen molar-refractivity contribution in [2.75, 3.05) is 6.54 Å². The summed E-state index contributed by atoms with van der Waals surface area (Å²) in [7, 11) is 0. The second kappa shape index (κ2) is 6.88. The van der Waals surface area contributed by atoms with Crippen molar-refractivity contribution in [1.29, 1.82) is 0 Å². The highest BCUT2D eigenvalue weighted by Gasteiger charge is 2.31. The Morgan fingerprint density at radius 3 is 2.62 bits per heavy atom. The quantitative estimate of drug-likeness (QED) is 0.881. The highest BCUT2D eigenvalue weighted by Crippen LogP contribution is 2.14. The number of nitrogens with zero attached hydrogens (tertiary/aromatic N) is 1. The number of carboxylic acid groups (broad SMARTS) is 1. The molecule has 1 atom stereocenters. The van der Waals surface area contributed by atoms with Gasteiger partial charge >= 0.3 is 6.09 Å². The second-order valence-electron chi connectivity index (χ2n) is 5.04. The number of likely N-dealkylation sites (tertiary alicyclic amines) is 1. The van der Waals surface area contributed by atoms with Gasteiger partial charge in [-0.1, -0.05) is 30.3 Å². The Morgan fingerprint density at radius 1 is 1.24 bits per heavy atom. The van der Waals surface area contributed by atoms with Crippen LogP contribution in [0.15, 0.2) is 30.3 Å². The normalized spacial score (nSPS) is 19.0. The SMILES string of the molecule is O=C(O)N[C@H]1CCCCN(C(=O)Cc2ccccc2)C1=O. The van der Waals surface area contributed by atoms with Gasteiger partial charge in [0.2, 0.25) is 5.91 Å². The maximum Gasteiger partial charge on any atom is 0.405 e. The third kappa shape index (κ3) is 4.05. The zero-order valence-corrected chi connectivity index (χ0v) is 11.6. The van der Waals surface area contributed by atoms with Crippen LogP contribution in [0.1, 0.15) is 24.8 Å². The Hall–Kier alpha value is -2.37. The van der Waals surface area contributed by atoms with Crippen LogP contribution in [0.3, 0.4) is 0 Å². The molecular weight excluding hydrogens is 272 g/mol. The molecule has 1 aromatic carbocycles. The number of carbonyl (C=O) groups is 3. The predicted octanol–water partition coefficient (Wildman–Crippen LogP) is 1.40. The number of rotatable bonds is 3. The van der Waals surface area contributed by atoms with Gasteiger partial charge < -0.3 is 10.4 Å². The molecule has 1 heterocycles. The lowest BCUT2D eigenvalue weighted by molar-refractivity contribution is -0.145. The minimum atomic E-state index is -1.24. The van der Waals surface area contributed by atoms with Crippen LogP contribution in [-0.2, 0) is 16.0 Å². The first-order valence-corrected chi connectivity index (χ1v) is 6.95. The van der Waals surface area contributed by atoms with E-state index >= 15 is 0 Å². The van der Waals surface area contributed by atoms with Crippen LogP contribution in [0, 0.1) is 0 Å². The van der Waals surface area contributed by atoms with Gasteiger partial charge in [-0.2, -0.15) is 0 Å². The van der Waals surface area contributed by atoms with E-state index in [1.54, 1.807) is 0 Å². The molecule has 0 radical (unpaired) electrons. The number of hydrogen-bond donors (Lipinski definition) is 2. The molecule has 0 bridgehead atoms. The highest BCUT2D eigenvalue weighted by molar-refractivity contribution is 5.99. The summed E-state index contributed by atoms with van der Waals surface area (Å²) in [5.41, 5.74) is 0.835. The fourth-order valence-electron chi connectivity index (χ4n) is 2.44. The third-order valence-electron chi connectivity index (χ3n) is 3.49. The maximum atomic E-state index is 12.3. The average Bonchev–Trinajstić information content (AvgIpc) is 2.62. The molecule has 0 aromatic heterocycles. The molecule has 0 unspecified atom stereocenters. The lowest BCUT2D eigenvalue weighted by Gasteiger charge is -2.22. The van der Waals surface area contributed by atoms with Crippen LogP contribution >= 0.6 is 0 Å². The van der Waals surface area contributed by atoms with Gasteiger partial charge in [0.15, 0.2) is 0 Å². The molecule has 1 aliphatic heterocycles. The van der Waals surface area contributed by atoms with E-state index in [0.29, 0.717) is 25.8 Å². The van der Waals surface area contributed by atoms with Crippen LogP contribution in [-0.4, -0.2) is 40.5 Å². The van der Waals surface area contributed by atoms with Crippen molar-refractivity contribution in [3.05, 3.63) is 35.9 Å². The first kappa shape index (κ1) is 15.0. The van der Waals surface area contributed by atoms with Gasteiger partial charge in [-0.25, -0.2) is 4.79 Å². The fraction of sp³-hybridized carbons (Fsp3) is 0.400. The predicted molar refractivity (Wildman–Crippen MR) is 75.7 cm³/mol. The first-order valence-electron chi connectivity index (χ1n) is 6.95. The molecule has 1 aliphatic rings. The minimum absolute atomic E-state index is 0.145. The van der Waals surface area contributed by atoms with E-state index < -0.39 is 18.0 Å². The van der Waals surface area contributed by atoms with Crippen molar-refractivity contribution in [3.63, 3.8) is 0 Å². The Kier molecular flexibility index (Phi) is 4.92. The van der Waals surface area contributed by atoms with Crippen LogP contribution < -0.4 is 5.32 Å². The van der Waals surface area contributed by atoms with Gasteiger partial charge in [0.1, 0.15) is 6.04 Å². The number of benzene rings is 1. The molecule has 112 valence electrons. The van der Waals surface area contributed by atoms with Crippen molar-refractivity contribution in [3.8, 4) is 0 Å². The molecule has 2 rings (SSSR count). The monoisotopic (exact) mass is 290 g/mol. The van der Waals surface area contributed by atoms with Crippen molar-refractivity contribution in [2.45, 2.75) is 31.7 Å². The summed E-state index contributed by atoms with van der Waals surface area (Å²) < 4.78 is 0. The van der Waals surface area contributed by atoms with E-state index in [1.807, 2.05) is 30.3 Å². The van der Waals surface area contributed by atoms with Gasteiger partial charge in [0.05, 0.1) is 6.42 Å². The third-order valence-corrected chi connectivity index (χ3v) is 3.49. The maximum absolute atomic E-state index is 12.3. The molecular formula is C15H18N2O4. The lowest BCUT2D eigenvalue weighted by atomic mass is 10.1. The van der Waals surface area contributed by atoms with Gasteiger partial charge in [-0.3, -0.25) is 14.5 Å². The number of imide groups is 1. The van der Waals surface area contributed by atoms with E-state index in [9.17, 15) is 14.4 Å². The van der Waals surface area contributed by atoms with E-state index in [0.717, 1.165) is 5.56 Å². The zero-order chi connectivity index (χ0) is 15.2. The van der Waals surface area contributed by atoms with Gasteiger partial charge in [0, 0.05) is 6.54 Å². The molecule has 6 heteroatoms. The smallest absolute Gasteiger partial charge is 0.405 e. The number of carbonyl (C=O) groups excluding carboxylic acids is 2. The van der Waals surface area contributed by atoms with E-state index in [4.69, 9.17) is 5.11 Å². The Bertz CT molecular complexity index is 530. The molecule has 6 nitrogen and oxygen atoms in total. The standard InChI is InChI=1S/C15H18N2O4/c18-13(10-11-6-2-1-3-7-11)17-9-5-4-8-12(14(17)19)16-15(20)21/h1-3,6-7,12,16H,4-5,8-10H2,(H,20,21)/t12-/m0/s1. The number of nitrogens with one attached hydrogen (secondary N) is 1. The molecule has 0 spiro atoms.